The van der Waals surface area contributed by atoms with Gasteiger partial charge in [0.1, 0.15) is 6.26 Å². The molecule has 6 nitrogen and oxygen atoms in total. The van der Waals surface area contributed by atoms with Gasteiger partial charge in [-0.3, -0.25) is 4.90 Å². The number of nitrogens with zero attached hydrogens (tertiary/aromatic N) is 5. The molecule has 0 N–H and O–H groups in total. The lowest BCUT2D eigenvalue weighted by atomic mass is 10.1. The van der Waals surface area contributed by atoms with Gasteiger partial charge in [0.2, 0.25) is 0 Å². The average molecular weight is 285 g/mol. The zero-order chi connectivity index (χ0) is 14.2. The minimum atomic E-state index is 0.539. The minimum Gasteiger partial charge on any atom is -0.364 e. The van der Waals surface area contributed by atoms with Crippen LogP contribution < -0.4 is 4.90 Å². The third kappa shape index (κ3) is 2.40. The van der Waals surface area contributed by atoms with Gasteiger partial charge in [-0.05, 0) is 37.9 Å². The number of likely N-dealkylation sites (N-methyl/N-ethyl adjacent to an activating group) is 1. The molecule has 0 aromatic carbocycles. The summed E-state index contributed by atoms with van der Waals surface area (Å²) in [5.41, 5.74) is 3.56. The first-order valence-corrected chi connectivity index (χ1v) is 7.49. The highest BCUT2D eigenvalue weighted by molar-refractivity contribution is 5.45. The maximum absolute atomic E-state index is 4.87. The van der Waals surface area contributed by atoms with Gasteiger partial charge in [-0.15, -0.1) is 5.10 Å². The molecule has 0 saturated carbocycles. The number of hydrogen-bond donors (Lipinski definition) is 0. The van der Waals surface area contributed by atoms with Crippen LogP contribution in [-0.2, 0) is 19.4 Å². The van der Waals surface area contributed by atoms with E-state index in [2.05, 4.69) is 38.3 Å². The fraction of sp³-hybridized carbons (Fsp3) is 0.533. The molecule has 21 heavy (non-hydrogen) atoms. The molecule has 0 atom stereocenters. The van der Waals surface area contributed by atoms with E-state index in [1.165, 1.54) is 17.7 Å². The summed E-state index contributed by atoms with van der Waals surface area (Å²) in [5, 5.41) is 12.7. The predicted octanol–water partition coefficient (Wildman–Crippen LogP) is 1.27. The van der Waals surface area contributed by atoms with Crippen molar-refractivity contribution in [2.24, 2.45) is 0 Å². The average Bonchev–Trinajstić information content (AvgIpc) is 3.07. The van der Waals surface area contributed by atoms with Gasteiger partial charge in [-0.25, -0.2) is 0 Å². The Bertz CT molecular complexity index is 621. The van der Waals surface area contributed by atoms with E-state index in [9.17, 15) is 0 Å². The van der Waals surface area contributed by atoms with Crippen LogP contribution in [0.3, 0.4) is 0 Å². The summed E-state index contributed by atoms with van der Waals surface area (Å²) in [7, 11) is 2.13. The van der Waals surface area contributed by atoms with Crippen molar-refractivity contribution in [3.05, 3.63) is 35.3 Å². The van der Waals surface area contributed by atoms with Gasteiger partial charge in [0.15, 0.2) is 5.82 Å². The largest absolute Gasteiger partial charge is 0.364 e. The molecular formula is C15H19N5O. The lowest BCUT2D eigenvalue weighted by Gasteiger charge is -2.44. The number of anilines is 1. The van der Waals surface area contributed by atoms with E-state index < -0.39 is 0 Å². The van der Waals surface area contributed by atoms with Crippen molar-refractivity contribution < 1.29 is 4.52 Å². The summed E-state index contributed by atoms with van der Waals surface area (Å²) < 4.78 is 4.87. The Labute approximate surface area is 123 Å². The van der Waals surface area contributed by atoms with Gasteiger partial charge in [0.25, 0.3) is 0 Å². The summed E-state index contributed by atoms with van der Waals surface area (Å²) in [5.74, 6) is 1.03. The van der Waals surface area contributed by atoms with Gasteiger partial charge in [0.05, 0.1) is 11.4 Å². The van der Waals surface area contributed by atoms with E-state index in [0.717, 1.165) is 44.0 Å². The van der Waals surface area contributed by atoms with Crippen LogP contribution in [0.2, 0.25) is 0 Å². The van der Waals surface area contributed by atoms with Crippen LogP contribution in [0.4, 0.5) is 5.82 Å². The Kier molecular flexibility index (Phi) is 3.11. The van der Waals surface area contributed by atoms with Crippen molar-refractivity contribution in [1.29, 1.82) is 0 Å². The van der Waals surface area contributed by atoms with Crippen LogP contribution in [0.15, 0.2) is 22.9 Å². The SMILES string of the molecule is CN(Cc1ccon1)C1CN(c2cc3c(nn2)CCC3)C1. The number of hydrogen-bond acceptors (Lipinski definition) is 6. The van der Waals surface area contributed by atoms with E-state index in [-0.39, 0.29) is 0 Å². The number of fused-ring (bicyclic) bond motifs is 1. The molecule has 0 spiro atoms. The first-order valence-electron chi connectivity index (χ1n) is 7.49. The number of aromatic nitrogens is 3. The van der Waals surface area contributed by atoms with Crippen LogP contribution in [-0.4, -0.2) is 46.4 Å². The molecule has 110 valence electrons. The van der Waals surface area contributed by atoms with Gasteiger partial charge in [0, 0.05) is 31.7 Å². The summed E-state index contributed by atoms with van der Waals surface area (Å²) in [6, 6.07) is 4.68. The van der Waals surface area contributed by atoms with Crippen LogP contribution in [0.25, 0.3) is 0 Å². The summed E-state index contributed by atoms with van der Waals surface area (Å²) in [6.45, 7) is 2.83. The third-order valence-electron chi connectivity index (χ3n) is 4.52. The molecule has 1 saturated heterocycles. The van der Waals surface area contributed by atoms with Crippen LogP contribution in [0, 0.1) is 0 Å². The maximum Gasteiger partial charge on any atom is 0.151 e. The molecule has 2 aromatic rings. The van der Waals surface area contributed by atoms with Crippen LogP contribution >= 0.6 is 0 Å². The first-order chi connectivity index (χ1) is 10.3. The zero-order valence-corrected chi connectivity index (χ0v) is 12.2. The van der Waals surface area contributed by atoms with Crippen molar-refractivity contribution in [2.45, 2.75) is 31.8 Å². The van der Waals surface area contributed by atoms with Crippen LogP contribution in [0.5, 0.6) is 0 Å². The summed E-state index contributed by atoms with van der Waals surface area (Å²) in [6.07, 6.45) is 5.08. The highest BCUT2D eigenvalue weighted by atomic mass is 16.5. The number of rotatable bonds is 4. The van der Waals surface area contributed by atoms with Crippen molar-refractivity contribution in [1.82, 2.24) is 20.3 Å². The van der Waals surface area contributed by atoms with E-state index >= 15 is 0 Å². The second kappa shape index (κ2) is 5.11. The van der Waals surface area contributed by atoms with Gasteiger partial charge >= 0.3 is 0 Å². The lowest BCUT2D eigenvalue weighted by Crippen LogP contribution is -2.58. The zero-order valence-electron chi connectivity index (χ0n) is 12.2. The third-order valence-corrected chi connectivity index (χ3v) is 4.52. The van der Waals surface area contributed by atoms with Crippen molar-refractivity contribution in [3.63, 3.8) is 0 Å². The second-order valence-electron chi connectivity index (χ2n) is 5.99. The molecule has 0 radical (unpaired) electrons. The Morgan fingerprint density at radius 2 is 2.24 bits per heavy atom. The number of aryl methyl sites for hydroxylation is 2. The van der Waals surface area contributed by atoms with Gasteiger partial charge in [-0.2, -0.15) is 5.10 Å². The summed E-state index contributed by atoms with van der Waals surface area (Å²) in [4.78, 5) is 4.62. The van der Waals surface area contributed by atoms with Gasteiger partial charge < -0.3 is 9.42 Å². The maximum atomic E-state index is 4.87. The minimum absolute atomic E-state index is 0.539. The molecule has 1 fully saturated rings. The molecule has 0 unspecified atom stereocenters. The van der Waals surface area contributed by atoms with Gasteiger partial charge in [-0.1, -0.05) is 5.16 Å². The smallest absolute Gasteiger partial charge is 0.151 e. The molecule has 0 bridgehead atoms. The van der Waals surface area contributed by atoms with Crippen LogP contribution in [0.1, 0.15) is 23.4 Å². The van der Waals surface area contributed by atoms with Crippen molar-refractivity contribution in [3.8, 4) is 0 Å². The van der Waals surface area contributed by atoms with E-state index in [4.69, 9.17) is 4.52 Å². The molecule has 1 aliphatic heterocycles. The lowest BCUT2D eigenvalue weighted by molar-refractivity contribution is 0.192. The Morgan fingerprint density at radius 3 is 3.05 bits per heavy atom. The second-order valence-corrected chi connectivity index (χ2v) is 5.99. The van der Waals surface area contributed by atoms with E-state index in [1.54, 1.807) is 6.26 Å². The molecule has 6 heteroatoms. The quantitative estimate of drug-likeness (QED) is 0.843. The fourth-order valence-corrected chi connectivity index (χ4v) is 3.10. The molecule has 2 aliphatic rings. The molecule has 2 aromatic heterocycles. The highest BCUT2D eigenvalue weighted by Crippen LogP contribution is 2.26. The van der Waals surface area contributed by atoms with E-state index in [0.29, 0.717) is 6.04 Å². The van der Waals surface area contributed by atoms with Crippen molar-refractivity contribution in [2.75, 3.05) is 25.0 Å². The Hall–Kier alpha value is -1.95. The molecule has 1 aliphatic carbocycles. The standard InChI is InChI=1S/C15H19N5O/c1-19(8-12-5-6-21-18-12)13-9-20(10-13)15-7-11-3-2-4-14(11)16-17-15/h5-7,13H,2-4,8-10H2,1H3. The molecular weight excluding hydrogens is 266 g/mol. The Balaban J connectivity index is 1.36. The molecule has 3 heterocycles. The predicted molar refractivity (Wildman–Crippen MR) is 78.0 cm³/mol. The van der Waals surface area contributed by atoms with Crippen molar-refractivity contribution >= 4 is 5.82 Å². The topological polar surface area (TPSA) is 58.3 Å². The highest BCUT2D eigenvalue weighted by Gasteiger charge is 2.32. The monoisotopic (exact) mass is 285 g/mol. The Morgan fingerprint density at radius 1 is 1.33 bits per heavy atom. The molecule has 0 amide bonds. The normalized spacial score (nSPS) is 18.1. The first kappa shape index (κ1) is 12.8. The fourth-order valence-electron chi connectivity index (χ4n) is 3.10. The molecule has 4 rings (SSSR count). The van der Waals surface area contributed by atoms with E-state index in [1.807, 2.05) is 6.07 Å². The summed E-state index contributed by atoms with van der Waals surface area (Å²) >= 11 is 0.